The van der Waals surface area contributed by atoms with E-state index in [1.165, 1.54) is 0 Å². The zero-order valence-corrected chi connectivity index (χ0v) is 10.2. The minimum atomic E-state index is -0.108. The predicted octanol–water partition coefficient (Wildman–Crippen LogP) is 2.78. The van der Waals surface area contributed by atoms with Gasteiger partial charge in [0.15, 0.2) is 0 Å². The fourth-order valence-corrected chi connectivity index (χ4v) is 1.57. The number of ketones is 1. The number of carbonyl (C=O) groups is 1. The van der Waals surface area contributed by atoms with Gasteiger partial charge in [-0.05, 0) is 46.6 Å². The molecule has 2 rings (SSSR count). The summed E-state index contributed by atoms with van der Waals surface area (Å²) in [5.41, 5.74) is 1.95. The van der Waals surface area contributed by atoms with Gasteiger partial charge >= 0.3 is 0 Å². The Morgan fingerprint density at radius 1 is 1.25 bits per heavy atom. The van der Waals surface area contributed by atoms with E-state index in [1.54, 1.807) is 36.8 Å². The van der Waals surface area contributed by atoms with Crippen LogP contribution in [0.25, 0.3) is 0 Å². The van der Waals surface area contributed by atoms with Gasteiger partial charge in [-0.3, -0.25) is 14.8 Å². The molecule has 0 N–H and O–H groups in total. The van der Waals surface area contributed by atoms with Crippen LogP contribution in [0.5, 0.6) is 0 Å². The monoisotopic (exact) mass is 276 g/mol. The Morgan fingerprint density at radius 3 is 2.69 bits per heavy atom. The van der Waals surface area contributed by atoms with Crippen molar-refractivity contribution >= 4 is 21.7 Å². The third-order valence-corrected chi connectivity index (χ3v) is 2.57. The first-order chi connectivity index (χ1) is 7.66. The zero-order chi connectivity index (χ0) is 11.5. The van der Waals surface area contributed by atoms with Gasteiger partial charge in [-0.2, -0.15) is 0 Å². The Bertz CT molecular complexity index is 523. The summed E-state index contributed by atoms with van der Waals surface area (Å²) in [6, 6.07) is 5.29. The molecule has 3 nitrogen and oxygen atoms in total. The largest absolute Gasteiger partial charge is 0.287 e. The van der Waals surface area contributed by atoms with E-state index in [2.05, 4.69) is 25.9 Å². The molecule has 0 aliphatic heterocycles. The van der Waals surface area contributed by atoms with Crippen LogP contribution in [0.15, 0.2) is 41.3 Å². The summed E-state index contributed by atoms with van der Waals surface area (Å²) in [6.07, 6.45) is 4.88. The number of pyridine rings is 2. The first kappa shape index (κ1) is 11.0. The van der Waals surface area contributed by atoms with Gasteiger partial charge in [-0.25, -0.2) is 0 Å². The smallest absolute Gasteiger partial charge is 0.212 e. The van der Waals surface area contributed by atoms with Crippen LogP contribution in [-0.2, 0) is 0 Å². The average Bonchev–Trinajstić information content (AvgIpc) is 2.29. The van der Waals surface area contributed by atoms with Gasteiger partial charge < -0.3 is 0 Å². The molecule has 0 amide bonds. The van der Waals surface area contributed by atoms with Crippen molar-refractivity contribution in [2.45, 2.75) is 6.92 Å². The molecular formula is C12H9BrN2O. The third-order valence-electron chi connectivity index (χ3n) is 2.10. The fourth-order valence-electron chi connectivity index (χ4n) is 1.34. The number of aromatic nitrogens is 2. The number of rotatable bonds is 2. The van der Waals surface area contributed by atoms with Gasteiger partial charge in [0.1, 0.15) is 5.69 Å². The Balaban J connectivity index is 2.35. The molecule has 0 saturated carbocycles. The molecule has 0 aliphatic rings. The molecular weight excluding hydrogens is 268 g/mol. The summed E-state index contributed by atoms with van der Waals surface area (Å²) in [5.74, 6) is -0.108. The molecule has 80 valence electrons. The molecule has 2 heterocycles. The molecule has 0 aliphatic carbocycles. The van der Waals surface area contributed by atoms with E-state index in [9.17, 15) is 4.79 Å². The number of aryl methyl sites for hydroxylation is 1. The van der Waals surface area contributed by atoms with Crippen molar-refractivity contribution < 1.29 is 4.79 Å². The molecule has 4 heteroatoms. The summed E-state index contributed by atoms with van der Waals surface area (Å²) in [5, 5.41) is 0. The molecule has 0 spiro atoms. The van der Waals surface area contributed by atoms with Crippen LogP contribution in [0.2, 0.25) is 0 Å². The number of nitrogens with zero attached hydrogens (tertiary/aromatic N) is 2. The van der Waals surface area contributed by atoms with Crippen LogP contribution in [0.4, 0.5) is 0 Å². The number of carbonyl (C=O) groups excluding carboxylic acids is 1. The second-order valence-corrected chi connectivity index (χ2v) is 4.36. The molecule has 0 saturated heterocycles. The Morgan fingerprint density at radius 2 is 2.06 bits per heavy atom. The molecule has 0 radical (unpaired) electrons. The van der Waals surface area contributed by atoms with E-state index in [4.69, 9.17) is 0 Å². The van der Waals surface area contributed by atoms with Crippen LogP contribution in [0.1, 0.15) is 21.6 Å². The quantitative estimate of drug-likeness (QED) is 0.793. The normalized spacial score (nSPS) is 10.1. The van der Waals surface area contributed by atoms with Crippen molar-refractivity contribution in [1.29, 1.82) is 0 Å². The number of hydrogen-bond donors (Lipinski definition) is 0. The van der Waals surface area contributed by atoms with Gasteiger partial charge in [0.25, 0.3) is 0 Å². The second kappa shape index (κ2) is 4.53. The Kier molecular flexibility index (Phi) is 3.10. The van der Waals surface area contributed by atoms with Crippen molar-refractivity contribution in [2.24, 2.45) is 0 Å². The molecule has 0 fully saturated rings. The maximum atomic E-state index is 12.0. The summed E-state index contributed by atoms with van der Waals surface area (Å²) >= 11 is 3.28. The van der Waals surface area contributed by atoms with E-state index < -0.39 is 0 Å². The average molecular weight is 277 g/mol. The van der Waals surface area contributed by atoms with Crippen LogP contribution in [0, 0.1) is 6.92 Å². The second-order valence-electron chi connectivity index (χ2n) is 3.44. The van der Waals surface area contributed by atoms with Gasteiger partial charge in [-0.1, -0.05) is 0 Å². The molecule has 0 bridgehead atoms. The fraction of sp³-hybridized carbons (Fsp3) is 0.0833. The highest BCUT2D eigenvalue weighted by molar-refractivity contribution is 9.10. The van der Waals surface area contributed by atoms with Crippen molar-refractivity contribution in [3.63, 3.8) is 0 Å². The maximum Gasteiger partial charge on any atom is 0.212 e. The van der Waals surface area contributed by atoms with Gasteiger partial charge in [0, 0.05) is 28.6 Å². The first-order valence-electron chi connectivity index (χ1n) is 4.75. The van der Waals surface area contributed by atoms with Gasteiger partial charge in [0.2, 0.25) is 5.78 Å². The van der Waals surface area contributed by atoms with Crippen LogP contribution < -0.4 is 0 Å². The van der Waals surface area contributed by atoms with E-state index in [0.717, 1.165) is 10.0 Å². The summed E-state index contributed by atoms with van der Waals surface area (Å²) in [6.45, 7) is 1.90. The van der Waals surface area contributed by atoms with E-state index in [1.807, 2.05) is 6.92 Å². The molecule has 2 aromatic rings. The zero-order valence-electron chi connectivity index (χ0n) is 8.64. The maximum absolute atomic E-state index is 12.0. The van der Waals surface area contributed by atoms with Crippen molar-refractivity contribution in [2.75, 3.05) is 0 Å². The van der Waals surface area contributed by atoms with Crippen LogP contribution in [-0.4, -0.2) is 15.8 Å². The Labute approximate surface area is 102 Å². The van der Waals surface area contributed by atoms with Crippen molar-refractivity contribution in [3.05, 3.63) is 58.1 Å². The lowest BCUT2D eigenvalue weighted by molar-refractivity contribution is 0.103. The lowest BCUT2D eigenvalue weighted by Gasteiger charge is -2.00. The standard InChI is InChI=1S/C12H9BrN2O/c1-8-4-9(6-14-5-8)12(16)11-3-2-10(13)7-15-11/h2-7H,1H3. The van der Waals surface area contributed by atoms with E-state index in [0.29, 0.717) is 11.3 Å². The van der Waals surface area contributed by atoms with E-state index >= 15 is 0 Å². The minimum absolute atomic E-state index is 0.108. The first-order valence-corrected chi connectivity index (χ1v) is 5.54. The lowest BCUT2D eigenvalue weighted by atomic mass is 10.1. The van der Waals surface area contributed by atoms with Crippen LogP contribution in [0.3, 0.4) is 0 Å². The van der Waals surface area contributed by atoms with Crippen LogP contribution >= 0.6 is 15.9 Å². The highest BCUT2D eigenvalue weighted by Crippen LogP contribution is 2.11. The Hall–Kier alpha value is -1.55. The minimum Gasteiger partial charge on any atom is -0.287 e. The van der Waals surface area contributed by atoms with Crippen molar-refractivity contribution in [1.82, 2.24) is 9.97 Å². The third kappa shape index (κ3) is 2.33. The van der Waals surface area contributed by atoms with E-state index in [-0.39, 0.29) is 5.78 Å². The summed E-state index contributed by atoms with van der Waals surface area (Å²) in [4.78, 5) is 20.0. The lowest BCUT2D eigenvalue weighted by Crippen LogP contribution is -2.04. The number of hydrogen-bond acceptors (Lipinski definition) is 3. The highest BCUT2D eigenvalue weighted by atomic mass is 79.9. The molecule has 0 aromatic carbocycles. The molecule has 0 unspecified atom stereocenters. The molecule has 2 aromatic heterocycles. The van der Waals surface area contributed by atoms with Crippen molar-refractivity contribution in [3.8, 4) is 0 Å². The SMILES string of the molecule is Cc1cncc(C(=O)c2ccc(Br)cn2)c1. The van der Waals surface area contributed by atoms with Gasteiger partial charge in [-0.15, -0.1) is 0 Å². The predicted molar refractivity (Wildman–Crippen MR) is 64.3 cm³/mol. The topological polar surface area (TPSA) is 42.9 Å². The summed E-state index contributed by atoms with van der Waals surface area (Å²) in [7, 11) is 0. The van der Waals surface area contributed by atoms with Gasteiger partial charge in [0.05, 0.1) is 0 Å². The molecule has 0 atom stereocenters. The highest BCUT2D eigenvalue weighted by Gasteiger charge is 2.10. The summed E-state index contributed by atoms with van der Waals surface area (Å²) < 4.78 is 0.853. The molecule has 16 heavy (non-hydrogen) atoms. The number of halogens is 1.